The van der Waals surface area contributed by atoms with Gasteiger partial charge in [0.15, 0.2) is 11.8 Å². The van der Waals surface area contributed by atoms with Gasteiger partial charge in [0.1, 0.15) is 12.4 Å². The van der Waals surface area contributed by atoms with E-state index in [9.17, 15) is 0 Å². The first-order chi connectivity index (χ1) is 12.6. The van der Waals surface area contributed by atoms with E-state index in [-0.39, 0.29) is 5.60 Å². The van der Waals surface area contributed by atoms with Crippen molar-refractivity contribution >= 4 is 5.96 Å². The number of rotatable bonds is 6. The Morgan fingerprint density at radius 3 is 2.85 bits per heavy atom. The molecule has 1 aromatic heterocycles. The van der Waals surface area contributed by atoms with Gasteiger partial charge in [-0.15, -0.1) is 10.2 Å². The highest BCUT2D eigenvalue weighted by molar-refractivity contribution is 5.80. The van der Waals surface area contributed by atoms with Gasteiger partial charge in [-0.05, 0) is 39.0 Å². The van der Waals surface area contributed by atoms with E-state index in [0.29, 0.717) is 12.6 Å². The maximum Gasteiger partial charge on any atom is 0.191 e. The van der Waals surface area contributed by atoms with E-state index in [4.69, 9.17) is 9.73 Å². The zero-order valence-corrected chi connectivity index (χ0v) is 16.6. The Morgan fingerprint density at radius 1 is 1.35 bits per heavy atom. The van der Waals surface area contributed by atoms with Gasteiger partial charge in [0.25, 0.3) is 0 Å². The molecule has 146 valence electrons. The van der Waals surface area contributed by atoms with E-state index in [1.54, 1.807) is 0 Å². The minimum absolute atomic E-state index is 0.116. The zero-order chi connectivity index (χ0) is 18.4. The van der Waals surface area contributed by atoms with Gasteiger partial charge in [-0.2, -0.15) is 0 Å². The van der Waals surface area contributed by atoms with Crippen LogP contribution in [0.3, 0.4) is 0 Å². The molecule has 1 atom stereocenters. The van der Waals surface area contributed by atoms with Crippen molar-refractivity contribution in [3.8, 4) is 0 Å². The highest BCUT2D eigenvalue weighted by Gasteiger charge is 2.40. The van der Waals surface area contributed by atoms with Crippen LogP contribution in [0, 0.1) is 6.92 Å². The van der Waals surface area contributed by atoms with Gasteiger partial charge in [-0.3, -0.25) is 0 Å². The number of aliphatic imine (C=N–C) groups is 1. The smallest absolute Gasteiger partial charge is 0.191 e. The summed E-state index contributed by atoms with van der Waals surface area (Å²) in [6.07, 6.45) is 9.45. The molecule has 0 bridgehead atoms. The number of unbranched alkanes of at least 4 members (excludes halogenated alkanes) is 1. The molecule has 1 saturated carbocycles. The molecule has 1 unspecified atom stereocenters. The second kappa shape index (κ2) is 8.84. The lowest BCUT2D eigenvalue weighted by Gasteiger charge is -2.39. The largest absolute Gasteiger partial charge is 0.375 e. The molecular formula is C19H34N6O. The second-order valence-electron chi connectivity index (χ2n) is 7.74. The number of ether oxygens (including phenoxy) is 1. The average molecular weight is 363 g/mol. The van der Waals surface area contributed by atoms with Crippen LogP contribution < -0.4 is 10.6 Å². The number of guanidine groups is 1. The summed E-state index contributed by atoms with van der Waals surface area (Å²) in [5, 5.41) is 15.5. The Bertz CT molecular complexity index is 605. The van der Waals surface area contributed by atoms with Gasteiger partial charge in [-0.25, -0.2) is 4.99 Å². The summed E-state index contributed by atoms with van der Waals surface area (Å²) >= 11 is 0. The minimum atomic E-state index is 0.116. The van der Waals surface area contributed by atoms with Crippen LogP contribution >= 0.6 is 0 Å². The summed E-state index contributed by atoms with van der Waals surface area (Å²) < 4.78 is 8.16. The minimum Gasteiger partial charge on any atom is -0.375 e. The Hall–Kier alpha value is -1.63. The SMILES string of the molecule is CCCCNC(=NCc1nnc(C)n1C)NC1CCOC2(CCCC2)C1. The van der Waals surface area contributed by atoms with Crippen LogP contribution in [0.2, 0.25) is 0 Å². The predicted octanol–water partition coefficient (Wildman–Crippen LogP) is 2.45. The van der Waals surface area contributed by atoms with E-state index in [0.717, 1.165) is 50.0 Å². The molecule has 2 N–H and O–H groups in total. The number of hydrogen-bond acceptors (Lipinski definition) is 4. The van der Waals surface area contributed by atoms with Crippen molar-refractivity contribution in [3.63, 3.8) is 0 Å². The summed E-state index contributed by atoms with van der Waals surface area (Å²) in [7, 11) is 1.99. The molecule has 0 radical (unpaired) electrons. The maximum atomic E-state index is 6.16. The van der Waals surface area contributed by atoms with E-state index in [2.05, 4.69) is 27.8 Å². The van der Waals surface area contributed by atoms with E-state index in [1.165, 1.54) is 32.1 Å². The lowest BCUT2D eigenvalue weighted by molar-refractivity contribution is -0.0815. The predicted molar refractivity (Wildman–Crippen MR) is 103 cm³/mol. The van der Waals surface area contributed by atoms with Crippen molar-refractivity contribution in [2.45, 2.75) is 83.4 Å². The van der Waals surface area contributed by atoms with Crippen molar-refractivity contribution in [1.82, 2.24) is 25.4 Å². The average Bonchev–Trinajstić information content (AvgIpc) is 3.21. The quantitative estimate of drug-likeness (QED) is 0.462. The van der Waals surface area contributed by atoms with Crippen LogP contribution in [0.1, 0.15) is 69.9 Å². The van der Waals surface area contributed by atoms with Crippen molar-refractivity contribution in [2.75, 3.05) is 13.2 Å². The van der Waals surface area contributed by atoms with Gasteiger partial charge in [0.05, 0.1) is 5.60 Å². The number of aryl methyl sites for hydroxylation is 1. The first-order valence-electron chi connectivity index (χ1n) is 10.2. The molecule has 2 heterocycles. The van der Waals surface area contributed by atoms with Crippen molar-refractivity contribution in [1.29, 1.82) is 0 Å². The first kappa shape index (κ1) is 19.1. The molecule has 1 saturated heterocycles. The fourth-order valence-electron chi connectivity index (χ4n) is 3.99. The highest BCUT2D eigenvalue weighted by Crippen LogP contribution is 2.39. The molecule has 0 aromatic carbocycles. The van der Waals surface area contributed by atoms with E-state index < -0.39 is 0 Å². The Morgan fingerprint density at radius 2 is 2.15 bits per heavy atom. The van der Waals surface area contributed by atoms with Crippen molar-refractivity contribution in [2.24, 2.45) is 12.0 Å². The topological polar surface area (TPSA) is 76.4 Å². The fourth-order valence-corrected chi connectivity index (χ4v) is 3.99. The van der Waals surface area contributed by atoms with Gasteiger partial charge < -0.3 is 19.9 Å². The van der Waals surface area contributed by atoms with Gasteiger partial charge in [-0.1, -0.05) is 26.2 Å². The van der Waals surface area contributed by atoms with Crippen LogP contribution in [-0.4, -0.2) is 45.5 Å². The maximum absolute atomic E-state index is 6.16. The molecule has 1 aromatic rings. The summed E-state index contributed by atoms with van der Waals surface area (Å²) in [5.41, 5.74) is 0.116. The normalized spacial score (nSPS) is 22.7. The summed E-state index contributed by atoms with van der Waals surface area (Å²) in [6, 6.07) is 0.427. The van der Waals surface area contributed by atoms with Crippen LogP contribution in [0.5, 0.6) is 0 Å². The molecule has 26 heavy (non-hydrogen) atoms. The molecule has 0 amide bonds. The van der Waals surface area contributed by atoms with Gasteiger partial charge >= 0.3 is 0 Å². The summed E-state index contributed by atoms with van der Waals surface area (Å²) in [4.78, 5) is 4.78. The third-order valence-corrected chi connectivity index (χ3v) is 5.73. The second-order valence-corrected chi connectivity index (χ2v) is 7.74. The zero-order valence-electron chi connectivity index (χ0n) is 16.6. The Kier molecular flexibility index (Phi) is 6.51. The van der Waals surface area contributed by atoms with Crippen LogP contribution in [0.4, 0.5) is 0 Å². The van der Waals surface area contributed by atoms with E-state index in [1.807, 2.05) is 18.5 Å². The molecule has 1 aliphatic carbocycles. The van der Waals surface area contributed by atoms with Crippen LogP contribution in [0.15, 0.2) is 4.99 Å². The van der Waals surface area contributed by atoms with Crippen LogP contribution in [-0.2, 0) is 18.3 Å². The number of aromatic nitrogens is 3. The molecule has 7 heteroatoms. The standard InChI is InChI=1S/C19H34N6O/c1-4-5-11-20-18(21-14-17-24-23-15(2)25(17)3)22-16-8-12-26-19(13-16)9-6-7-10-19/h16H,4-14H2,1-3H3,(H2,20,21,22). The molecular weight excluding hydrogens is 328 g/mol. The summed E-state index contributed by atoms with van der Waals surface area (Å²) in [6.45, 7) is 6.49. The lowest BCUT2D eigenvalue weighted by atomic mass is 9.89. The van der Waals surface area contributed by atoms with Crippen LogP contribution in [0.25, 0.3) is 0 Å². The van der Waals surface area contributed by atoms with Crippen molar-refractivity contribution in [3.05, 3.63) is 11.6 Å². The summed E-state index contributed by atoms with van der Waals surface area (Å²) in [5.74, 6) is 2.69. The lowest BCUT2D eigenvalue weighted by Crippen LogP contribution is -2.50. The first-order valence-corrected chi connectivity index (χ1v) is 10.2. The molecule has 7 nitrogen and oxygen atoms in total. The van der Waals surface area contributed by atoms with Crippen molar-refractivity contribution < 1.29 is 4.74 Å². The van der Waals surface area contributed by atoms with E-state index >= 15 is 0 Å². The molecule has 2 aliphatic rings. The molecule has 2 fully saturated rings. The van der Waals surface area contributed by atoms with Gasteiger partial charge in [0.2, 0.25) is 0 Å². The monoisotopic (exact) mass is 362 g/mol. The third kappa shape index (κ3) is 4.75. The number of nitrogens with one attached hydrogen (secondary N) is 2. The molecule has 1 spiro atoms. The Labute approximate surface area is 157 Å². The molecule has 1 aliphatic heterocycles. The highest BCUT2D eigenvalue weighted by atomic mass is 16.5. The van der Waals surface area contributed by atoms with Gasteiger partial charge in [0, 0.05) is 26.2 Å². The number of hydrogen-bond donors (Lipinski definition) is 2. The fraction of sp³-hybridized carbons (Fsp3) is 0.842. The third-order valence-electron chi connectivity index (χ3n) is 5.73. The Balaban J connectivity index is 1.63. The molecule has 3 rings (SSSR count). The number of nitrogens with zero attached hydrogens (tertiary/aromatic N) is 4.